The van der Waals surface area contributed by atoms with Crippen molar-refractivity contribution in [2.24, 2.45) is 0 Å². The summed E-state index contributed by atoms with van der Waals surface area (Å²) in [5.74, 6) is 1.22. The Morgan fingerprint density at radius 3 is 2.24 bits per heavy atom. The summed E-state index contributed by atoms with van der Waals surface area (Å²) in [4.78, 5) is 0. The Bertz CT molecular complexity index is 323. The minimum absolute atomic E-state index is 0.181. The summed E-state index contributed by atoms with van der Waals surface area (Å²) in [5.41, 5.74) is 1.54. The maximum absolute atomic E-state index is 5.95. The van der Waals surface area contributed by atoms with Gasteiger partial charge in [-0.1, -0.05) is 55.6 Å². The summed E-state index contributed by atoms with van der Waals surface area (Å²) in [6.45, 7) is 0. The molecule has 0 unspecified atom stereocenters. The van der Waals surface area contributed by atoms with Gasteiger partial charge in [0.05, 0.1) is 0 Å². The monoisotopic (exact) mass is 398 g/mol. The van der Waals surface area contributed by atoms with Crippen molar-refractivity contribution < 1.29 is 0 Å². The Morgan fingerprint density at radius 2 is 1.76 bits per heavy atom. The Balaban J connectivity index is 2.85. The van der Waals surface area contributed by atoms with Gasteiger partial charge in [-0.25, -0.2) is 0 Å². The summed E-state index contributed by atoms with van der Waals surface area (Å²) in [6, 6.07) is 8.24. The molecule has 0 aliphatic rings. The van der Waals surface area contributed by atoms with Crippen LogP contribution in [0.3, 0.4) is 0 Å². The summed E-state index contributed by atoms with van der Waals surface area (Å²) < 4.78 is 0. The zero-order chi connectivity index (χ0) is 12.7. The molecule has 0 spiro atoms. The molecule has 0 fully saturated rings. The van der Waals surface area contributed by atoms with Gasteiger partial charge in [-0.05, 0) is 42.5 Å². The van der Waals surface area contributed by atoms with Crippen molar-refractivity contribution >= 4 is 55.2 Å². The van der Waals surface area contributed by atoms with Gasteiger partial charge in [0.15, 0.2) is 0 Å². The quantitative estimate of drug-likeness (QED) is 0.429. The van der Waals surface area contributed by atoms with Crippen molar-refractivity contribution in [3.8, 4) is 0 Å². The van der Waals surface area contributed by atoms with Crippen molar-refractivity contribution in [2.45, 2.75) is 18.3 Å². The van der Waals surface area contributed by atoms with Crippen LogP contribution in [0.25, 0.3) is 0 Å². The van der Waals surface area contributed by atoms with Crippen LogP contribution in [0.4, 0.5) is 0 Å². The lowest BCUT2D eigenvalue weighted by Crippen LogP contribution is -2.30. The fourth-order valence-electron chi connectivity index (χ4n) is 1.83. The smallest absolute Gasteiger partial charge is 0.0406 e. The first kappa shape index (κ1) is 15.9. The van der Waals surface area contributed by atoms with E-state index in [1.807, 2.05) is 23.9 Å². The van der Waals surface area contributed by atoms with E-state index in [2.05, 4.69) is 50.2 Å². The highest BCUT2D eigenvalue weighted by Gasteiger charge is 2.29. The highest BCUT2D eigenvalue weighted by Crippen LogP contribution is 2.34. The van der Waals surface area contributed by atoms with Crippen LogP contribution in [0.1, 0.15) is 18.4 Å². The van der Waals surface area contributed by atoms with Crippen LogP contribution >= 0.6 is 55.2 Å². The van der Waals surface area contributed by atoms with E-state index in [4.69, 9.17) is 11.6 Å². The van der Waals surface area contributed by atoms with Crippen LogP contribution in [0, 0.1) is 0 Å². The van der Waals surface area contributed by atoms with E-state index in [0.717, 1.165) is 15.7 Å². The van der Waals surface area contributed by atoms with E-state index in [-0.39, 0.29) is 5.41 Å². The van der Waals surface area contributed by atoms with Gasteiger partial charge in [0.25, 0.3) is 0 Å². The van der Waals surface area contributed by atoms with Crippen molar-refractivity contribution in [3.05, 3.63) is 34.9 Å². The molecule has 0 saturated carbocycles. The Morgan fingerprint density at radius 1 is 1.18 bits per heavy atom. The second-order valence-corrected chi connectivity index (χ2v) is 6.69. The third kappa shape index (κ3) is 4.45. The molecule has 0 aromatic heterocycles. The molecule has 0 radical (unpaired) electrons. The van der Waals surface area contributed by atoms with Crippen LogP contribution < -0.4 is 0 Å². The minimum atomic E-state index is 0.181. The molecule has 96 valence electrons. The van der Waals surface area contributed by atoms with E-state index in [1.54, 1.807) is 0 Å². The molecular formula is C13H17Br2ClS. The number of benzene rings is 1. The molecular weight excluding hydrogens is 383 g/mol. The molecule has 0 bridgehead atoms. The van der Waals surface area contributed by atoms with Crippen LogP contribution in [-0.4, -0.2) is 22.7 Å². The van der Waals surface area contributed by atoms with Gasteiger partial charge in [0.1, 0.15) is 0 Å². The molecule has 0 saturated heterocycles. The second-order valence-electron chi connectivity index (χ2n) is 4.15. The van der Waals surface area contributed by atoms with Gasteiger partial charge >= 0.3 is 0 Å². The molecule has 4 heteroatoms. The summed E-state index contributed by atoms with van der Waals surface area (Å²) in [5, 5.41) is 2.75. The number of hydrogen-bond donors (Lipinski definition) is 0. The maximum atomic E-state index is 5.95. The predicted octanol–water partition coefficient (Wildman–Crippen LogP) is 5.51. The van der Waals surface area contributed by atoms with Crippen molar-refractivity contribution in [3.63, 3.8) is 0 Å². The Labute approximate surface area is 130 Å². The molecule has 1 rings (SSSR count). The third-order valence-electron chi connectivity index (χ3n) is 2.97. The lowest BCUT2D eigenvalue weighted by Gasteiger charge is -2.30. The van der Waals surface area contributed by atoms with Gasteiger partial charge in [-0.3, -0.25) is 0 Å². The summed E-state index contributed by atoms with van der Waals surface area (Å²) in [7, 11) is 0. The van der Waals surface area contributed by atoms with Crippen LogP contribution in [0.5, 0.6) is 0 Å². The van der Waals surface area contributed by atoms with Crippen molar-refractivity contribution in [1.82, 2.24) is 0 Å². The predicted molar refractivity (Wildman–Crippen MR) is 88.3 cm³/mol. The molecule has 0 aliphatic heterocycles. The summed E-state index contributed by atoms with van der Waals surface area (Å²) in [6.07, 6.45) is 4.58. The van der Waals surface area contributed by atoms with E-state index >= 15 is 0 Å². The fraction of sp³-hybridized carbons (Fsp3) is 0.538. The van der Waals surface area contributed by atoms with Gasteiger partial charge < -0.3 is 0 Å². The van der Waals surface area contributed by atoms with Gasteiger partial charge in [-0.2, -0.15) is 11.8 Å². The second kappa shape index (κ2) is 8.08. The number of hydrogen-bond acceptors (Lipinski definition) is 1. The average molecular weight is 401 g/mol. The van der Waals surface area contributed by atoms with Crippen LogP contribution in [0.2, 0.25) is 5.02 Å². The highest BCUT2D eigenvalue weighted by atomic mass is 79.9. The SMILES string of the molecule is CSCCCC(CBr)(CBr)c1ccc(Cl)cc1. The highest BCUT2D eigenvalue weighted by molar-refractivity contribution is 9.09. The summed E-state index contributed by atoms with van der Waals surface area (Å²) >= 11 is 15.2. The molecule has 0 N–H and O–H groups in total. The number of thioether (sulfide) groups is 1. The molecule has 0 amide bonds. The minimum Gasteiger partial charge on any atom is -0.165 e. The van der Waals surface area contributed by atoms with Gasteiger partial charge in [0.2, 0.25) is 0 Å². The largest absolute Gasteiger partial charge is 0.165 e. The number of halogens is 3. The van der Waals surface area contributed by atoms with Crippen LogP contribution in [-0.2, 0) is 5.41 Å². The van der Waals surface area contributed by atoms with Gasteiger partial charge in [-0.15, -0.1) is 0 Å². The lowest BCUT2D eigenvalue weighted by molar-refractivity contribution is 0.500. The lowest BCUT2D eigenvalue weighted by atomic mass is 9.80. The van der Waals surface area contributed by atoms with Crippen LogP contribution in [0.15, 0.2) is 24.3 Å². The Kier molecular flexibility index (Phi) is 7.55. The average Bonchev–Trinajstić information content (AvgIpc) is 2.37. The zero-order valence-corrected chi connectivity index (χ0v) is 14.6. The van der Waals surface area contributed by atoms with Crippen molar-refractivity contribution in [1.29, 1.82) is 0 Å². The van der Waals surface area contributed by atoms with Crippen molar-refractivity contribution in [2.75, 3.05) is 22.7 Å². The topological polar surface area (TPSA) is 0 Å². The maximum Gasteiger partial charge on any atom is 0.0406 e. The third-order valence-corrected chi connectivity index (χ3v) is 6.07. The molecule has 0 atom stereocenters. The number of rotatable bonds is 7. The Hall–Kier alpha value is 0.820. The van der Waals surface area contributed by atoms with E-state index in [0.29, 0.717) is 0 Å². The standard InChI is InChI=1S/C13H17Br2ClS/c1-17-8-2-7-13(9-14,10-15)11-3-5-12(16)6-4-11/h3-6H,2,7-10H2,1H3. The molecule has 1 aromatic rings. The first-order chi connectivity index (χ1) is 8.18. The normalized spacial score (nSPS) is 11.8. The van der Waals surface area contributed by atoms with Gasteiger partial charge in [0, 0.05) is 21.1 Å². The molecule has 0 heterocycles. The first-order valence-electron chi connectivity index (χ1n) is 5.55. The molecule has 0 nitrogen and oxygen atoms in total. The fourth-order valence-corrected chi connectivity index (χ4v) is 4.52. The molecule has 17 heavy (non-hydrogen) atoms. The first-order valence-corrected chi connectivity index (χ1v) is 9.57. The van der Waals surface area contributed by atoms with E-state index in [1.165, 1.54) is 24.2 Å². The van der Waals surface area contributed by atoms with E-state index in [9.17, 15) is 0 Å². The zero-order valence-electron chi connectivity index (χ0n) is 9.89. The molecule has 1 aromatic carbocycles. The number of alkyl halides is 2. The van der Waals surface area contributed by atoms with E-state index < -0.39 is 0 Å². The molecule has 0 aliphatic carbocycles.